The molecule has 2 heterocycles. The summed E-state index contributed by atoms with van der Waals surface area (Å²) in [5, 5.41) is 14.5. The molecule has 1 aliphatic heterocycles. The third-order valence-corrected chi connectivity index (χ3v) is 4.88. The zero-order chi connectivity index (χ0) is 16.3. The summed E-state index contributed by atoms with van der Waals surface area (Å²) in [4.78, 5) is 4.96. The van der Waals surface area contributed by atoms with Crippen LogP contribution in [-0.4, -0.2) is 63.5 Å². The third-order valence-electron chi connectivity index (χ3n) is 4.40. The van der Waals surface area contributed by atoms with Crippen LogP contribution in [0, 0.1) is 12.8 Å². The highest BCUT2D eigenvalue weighted by Gasteiger charge is 2.28. The van der Waals surface area contributed by atoms with Gasteiger partial charge in [-0.3, -0.25) is 14.5 Å². The number of hydrogen-bond donors (Lipinski definition) is 1. The largest absolute Gasteiger partial charge is 0.396 e. The summed E-state index contributed by atoms with van der Waals surface area (Å²) < 4.78 is 1.74. The highest BCUT2D eigenvalue weighted by Crippen LogP contribution is 2.23. The fourth-order valence-corrected chi connectivity index (χ4v) is 3.54. The second kappa shape index (κ2) is 7.77. The van der Waals surface area contributed by atoms with Crippen LogP contribution in [0.3, 0.4) is 0 Å². The molecular weight excluding hydrogens is 300 g/mol. The summed E-state index contributed by atoms with van der Waals surface area (Å²) in [6.07, 6.45) is 0.836. The first-order valence-corrected chi connectivity index (χ1v) is 8.55. The lowest BCUT2D eigenvalue weighted by atomic mass is 10.1. The lowest BCUT2D eigenvalue weighted by Gasteiger charge is -2.42. The molecule has 5 nitrogen and oxygen atoms in total. The minimum atomic E-state index is 0.250. The molecule has 0 aliphatic carbocycles. The van der Waals surface area contributed by atoms with Gasteiger partial charge in [-0.1, -0.05) is 25.4 Å². The number of hydrogen-bond acceptors (Lipinski definition) is 4. The molecule has 0 unspecified atom stereocenters. The van der Waals surface area contributed by atoms with Crippen LogP contribution in [-0.2, 0) is 13.6 Å². The summed E-state index contributed by atoms with van der Waals surface area (Å²) in [6.45, 7) is 11.8. The van der Waals surface area contributed by atoms with E-state index in [0.29, 0.717) is 12.0 Å². The normalized spacial score (nSPS) is 21.0. The van der Waals surface area contributed by atoms with Crippen LogP contribution in [0.15, 0.2) is 0 Å². The highest BCUT2D eigenvalue weighted by atomic mass is 35.5. The summed E-state index contributed by atoms with van der Waals surface area (Å²) in [6, 6.07) is 0.428. The number of aryl methyl sites for hydroxylation is 2. The van der Waals surface area contributed by atoms with Gasteiger partial charge >= 0.3 is 0 Å². The van der Waals surface area contributed by atoms with Crippen LogP contribution in [0.2, 0.25) is 5.15 Å². The van der Waals surface area contributed by atoms with Crippen LogP contribution in [0.1, 0.15) is 31.5 Å². The van der Waals surface area contributed by atoms with Crippen LogP contribution in [0.4, 0.5) is 0 Å². The molecule has 1 aromatic heterocycles. The average Bonchev–Trinajstić information content (AvgIpc) is 2.68. The number of halogens is 1. The number of nitrogens with zero attached hydrogens (tertiary/aromatic N) is 4. The number of aliphatic hydroxyl groups is 1. The summed E-state index contributed by atoms with van der Waals surface area (Å²) >= 11 is 6.35. The molecule has 1 atom stereocenters. The Labute approximate surface area is 138 Å². The van der Waals surface area contributed by atoms with Crippen molar-refractivity contribution in [2.75, 3.05) is 32.8 Å². The zero-order valence-electron chi connectivity index (χ0n) is 14.2. The van der Waals surface area contributed by atoms with Crippen molar-refractivity contribution in [1.82, 2.24) is 19.6 Å². The number of piperazine rings is 1. The van der Waals surface area contributed by atoms with Gasteiger partial charge in [0.2, 0.25) is 0 Å². The molecule has 1 aromatic rings. The van der Waals surface area contributed by atoms with Gasteiger partial charge in [-0.15, -0.1) is 0 Å². The van der Waals surface area contributed by atoms with Gasteiger partial charge in [0.1, 0.15) is 5.15 Å². The van der Waals surface area contributed by atoms with Crippen LogP contribution in [0.25, 0.3) is 0 Å². The predicted molar refractivity (Wildman–Crippen MR) is 90.1 cm³/mol. The molecule has 6 heteroatoms. The quantitative estimate of drug-likeness (QED) is 0.866. The van der Waals surface area contributed by atoms with Crippen molar-refractivity contribution in [3.63, 3.8) is 0 Å². The first kappa shape index (κ1) is 17.7. The van der Waals surface area contributed by atoms with E-state index in [-0.39, 0.29) is 6.61 Å². The molecule has 1 saturated heterocycles. The number of aliphatic hydroxyl groups excluding tert-OH is 1. The Morgan fingerprint density at radius 3 is 2.64 bits per heavy atom. The van der Waals surface area contributed by atoms with Crippen LogP contribution < -0.4 is 0 Å². The van der Waals surface area contributed by atoms with E-state index in [1.807, 2.05) is 14.0 Å². The first-order valence-electron chi connectivity index (χ1n) is 8.17. The van der Waals surface area contributed by atoms with E-state index < -0.39 is 0 Å². The molecule has 0 saturated carbocycles. The fraction of sp³-hybridized carbons (Fsp3) is 0.812. The van der Waals surface area contributed by atoms with Crippen molar-refractivity contribution in [3.8, 4) is 0 Å². The minimum Gasteiger partial charge on any atom is -0.396 e. The van der Waals surface area contributed by atoms with E-state index in [0.717, 1.165) is 55.6 Å². The Hall–Kier alpha value is -0.620. The van der Waals surface area contributed by atoms with Gasteiger partial charge in [0.05, 0.1) is 5.69 Å². The van der Waals surface area contributed by atoms with Gasteiger partial charge in [-0.2, -0.15) is 5.10 Å². The van der Waals surface area contributed by atoms with Crippen LogP contribution in [0.5, 0.6) is 0 Å². The van der Waals surface area contributed by atoms with Crippen molar-refractivity contribution in [1.29, 1.82) is 0 Å². The molecule has 22 heavy (non-hydrogen) atoms. The first-order chi connectivity index (χ1) is 10.4. The minimum absolute atomic E-state index is 0.250. The van der Waals surface area contributed by atoms with Gasteiger partial charge < -0.3 is 5.11 Å². The van der Waals surface area contributed by atoms with E-state index in [1.54, 1.807) is 4.68 Å². The van der Waals surface area contributed by atoms with Gasteiger partial charge in [0, 0.05) is 58.0 Å². The highest BCUT2D eigenvalue weighted by molar-refractivity contribution is 6.30. The second-order valence-electron chi connectivity index (χ2n) is 6.77. The average molecular weight is 329 g/mol. The molecule has 126 valence electrons. The van der Waals surface area contributed by atoms with E-state index in [9.17, 15) is 5.11 Å². The van der Waals surface area contributed by atoms with E-state index in [4.69, 9.17) is 11.6 Å². The van der Waals surface area contributed by atoms with E-state index in [2.05, 4.69) is 28.7 Å². The SMILES string of the molecule is Cc1nn(C)c(Cl)c1CN1CCN(CC(C)C)[C@@H](CCO)C1. The maximum Gasteiger partial charge on any atom is 0.131 e. The molecule has 0 aromatic carbocycles. The Morgan fingerprint density at radius 1 is 1.36 bits per heavy atom. The Morgan fingerprint density at radius 2 is 2.09 bits per heavy atom. The number of aromatic nitrogens is 2. The molecular formula is C16H29ClN4O. The fourth-order valence-electron chi connectivity index (χ4n) is 3.31. The third kappa shape index (κ3) is 4.22. The van der Waals surface area contributed by atoms with Crippen molar-refractivity contribution < 1.29 is 5.11 Å². The monoisotopic (exact) mass is 328 g/mol. The molecule has 0 radical (unpaired) electrons. The van der Waals surface area contributed by atoms with E-state index >= 15 is 0 Å². The van der Waals surface area contributed by atoms with Crippen molar-refractivity contribution >= 4 is 11.6 Å². The maximum atomic E-state index is 9.36. The molecule has 0 bridgehead atoms. The lowest BCUT2D eigenvalue weighted by Crippen LogP contribution is -2.53. The number of rotatable bonds is 6. The molecule has 1 fully saturated rings. The van der Waals surface area contributed by atoms with Gasteiger partial charge in [0.25, 0.3) is 0 Å². The van der Waals surface area contributed by atoms with Crippen molar-refractivity contribution in [3.05, 3.63) is 16.4 Å². The predicted octanol–water partition coefficient (Wildman–Crippen LogP) is 1.91. The summed E-state index contributed by atoms with van der Waals surface area (Å²) in [5.41, 5.74) is 2.14. The smallest absolute Gasteiger partial charge is 0.131 e. The van der Waals surface area contributed by atoms with E-state index in [1.165, 1.54) is 0 Å². The standard InChI is InChI=1S/C16H29ClN4O/c1-12(2)9-21-7-6-20(10-14(21)5-8-22)11-15-13(3)18-19(4)16(15)17/h12,14,22H,5-11H2,1-4H3/t14-/m0/s1. The second-order valence-corrected chi connectivity index (χ2v) is 7.13. The van der Waals surface area contributed by atoms with Crippen molar-refractivity contribution in [2.45, 2.75) is 39.8 Å². The molecule has 1 aliphatic rings. The zero-order valence-corrected chi connectivity index (χ0v) is 15.0. The van der Waals surface area contributed by atoms with Gasteiger partial charge in [-0.05, 0) is 19.3 Å². The lowest BCUT2D eigenvalue weighted by molar-refractivity contribution is 0.0476. The van der Waals surface area contributed by atoms with Crippen molar-refractivity contribution in [2.24, 2.45) is 13.0 Å². The topological polar surface area (TPSA) is 44.5 Å². The Bertz CT molecular complexity index is 489. The Balaban J connectivity index is 2.02. The Kier molecular flexibility index (Phi) is 6.26. The van der Waals surface area contributed by atoms with Crippen LogP contribution >= 0.6 is 11.6 Å². The summed E-state index contributed by atoms with van der Waals surface area (Å²) in [7, 11) is 1.88. The van der Waals surface area contributed by atoms with Gasteiger partial charge in [-0.25, -0.2) is 0 Å². The summed E-state index contributed by atoms with van der Waals surface area (Å²) in [5.74, 6) is 0.655. The van der Waals surface area contributed by atoms with Gasteiger partial charge in [0.15, 0.2) is 0 Å². The molecule has 0 spiro atoms. The molecule has 1 N–H and O–H groups in total. The maximum absolute atomic E-state index is 9.36. The molecule has 2 rings (SSSR count). The molecule has 0 amide bonds.